The Morgan fingerprint density at radius 2 is 1.69 bits per heavy atom. The van der Waals surface area contributed by atoms with Gasteiger partial charge in [0, 0.05) is 23.3 Å². The number of rotatable bonds is 5. The molecule has 8 heteroatoms. The highest BCUT2D eigenvalue weighted by atomic mass is 35.5. The van der Waals surface area contributed by atoms with Crippen molar-refractivity contribution in [2.24, 2.45) is 0 Å². The van der Waals surface area contributed by atoms with Crippen molar-refractivity contribution >= 4 is 35.2 Å². The molecule has 0 atom stereocenters. The predicted octanol–water partition coefficient (Wildman–Crippen LogP) is 4.17. The number of anilines is 1. The van der Waals surface area contributed by atoms with Gasteiger partial charge < -0.3 is 10.6 Å². The Morgan fingerprint density at radius 1 is 1.04 bits per heavy atom. The maximum absolute atomic E-state index is 12.1. The summed E-state index contributed by atoms with van der Waals surface area (Å²) in [5, 5.41) is 4.90. The number of hydrogen-bond donors (Lipinski definition) is 2. The number of halogens is 4. The third-order valence-corrected chi connectivity index (χ3v) is 3.60. The number of hydrogen-bond acceptors (Lipinski definition) is 2. The summed E-state index contributed by atoms with van der Waals surface area (Å²) in [6.45, 7) is -0.265. The highest BCUT2D eigenvalue weighted by Gasteiger charge is 2.38. The molecule has 2 aromatic rings. The lowest BCUT2D eigenvalue weighted by Gasteiger charge is -2.08. The molecule has 0 aromatic heterocycles. The summed E-state index contributed by atoms with van der Waals surface area (Å²) < 4.78 is 36.3. The van der Waals surface area contributed by atoms with Crippen LogP contribution in [0.5, 0.6) is 0 Å². The molecule has 0 saturated carbocycles. The number of nitrogens with one attached hydrogen (secondary N) is 2. The van der Waals surface area contributed by atoms with Crippen molar-refractivity contribution in [3.8, 4) is 0 Å². The van der Waals surface area contributed by atoms with E-state index in [1.165, 1.54) is 30.3 Å². The molecule has 0 bridgehead atoms. The molecule has 136 valence electrons. The van der Waals surface area contributed by atoms with E-state index in [2.05, 4.69) is 5.32 Å². The summed E-state index contributed by atoms with van der Waals surface area (Å²) in [6, 6.07) is 13.1. The van der Waals surface area contributed by atoms with Gasteiger partial charge in [-0.2, -0.15) is 13.2 Å². The first-order valence-corrected chi connectivity index (χ1v) is 7.81. The minimum atomic E-state index is -4.91. The van der Waals surface area contributed by atoms with Crippen LogP contribution in [0.2, 0.25) is 5.02 Å². The molecule has 0 heterocycles. The summed E-state index contributed by atoms with van der Waals surface area (Å²) in [7, 11) is 0. The van der Waals surface area contributed by atoms with Gasteiger partial charge in [-0.15, -0.1) is 0 Å². The Morgan fingerprint density at radius 3 is 2.31 bits per heavy atom. The van der Waals surface area contributed by atoms with Crippen molar-refractivity contribution in [1.29, 1.82) is 0 Å². The van der Waals surface area contributed by atoms with Crippen molar-refractivity contribution in [1.82, 2.24) is 5.32 Å². The highest BCUT2D eigenvalue weighted by Crippen LogP contribution is 2.17. The van der Waals surface area contributed by atoms with Crippen LogP contribution < -0.4 is 10.6 Å². The molecule has 0 aliphatic rings. The molecule has 4 nitrogen and oxygen atoms in total. The molecule has 2 N–H and O–H groups in total. The minimum Gasteiger partial charge on any atom is -0.344 e. The van der Waals surface area contributed by atoms with Crippen LogP contribution in [0.15, 0.2) is 54.6 Å². The largest absolute Gasteiger partial charge is 0.471 e. The van der Waals surface area contributed by atoms with Crippen molar-refractivity contribution in [2.45, 2.75) is 12.7 Å². The van der Waals surface area contributed by atoms with Gasteiger partial charge in [0.25, 0.3) is 0 Å². The third kappa shape index (κ3) is 5.93. The maximum Gasteiger partial charge on any atom is 0.471 e. The van der Waals surface area contributed by atoms with Crippen molar-refractivity contribution in [3.05, 3.63) is 70.8 Å². The van der Waals surface area contributed by atoms with Gasteiger partial charge in [0.15, 0.2) is 0 Å². The van der Waals surface area contributed by atoms with Crippen LogP contribution >= 0.6 is 11.6 Å². The predicted molar refractivity (Wildman–Crippen MR) is 93.5 cm³/mol. The molecule has 0 aliphatic carbocycles. The fraction of sp³-hybridized carbons (Fsp3) is 0.111. The van der Waals surface area contributed by atoms with E-state index in [1.807, 2.05) is 0 Å². The van der Waals surface area contributed by atoms with E-state index in [1.54, 1.807) is 35.7 Å². The number of benzene rings is 2. The van der Waals surface area contributed by atoms with E-state index in [9.17, 15) is 22.8 Å². The molecular weight excluding hydrogens is 369 g/mol. The molecule has 0 radical (unpaired) electrons. The van der Waals surface area contributed by atoms with Gasteiger partial charge in [-0.3, -0.25) is 9.59 Å². The molecule has 2 aromatic carbocycles. The van der Waals surface area contributed by atoms with E-state index in [0.29, 0.717) is 21.8 Å². The fourth-order valence-corrected chi connectivity index (χ4v) is 2.15. The SMILES string of the molecule is O=C(/C=C/c1ccccc1Cl)Nc1ccc(CNC(=O)C(F)(F)F)cc1. The van der Waals surface area contributed by atoms with Crippen LogP contribution in [0, 0.1) is 0 Å². The summed E-state index contributed by atoms with van der Waals surface area (Å²) in [5.41, 5.74) is 1.62. The van der Waals surface area contributed by atoms with Gasteiger partial charge in [-0.25, -0.2) is 0 Å². The molecular formula is C18H14ClF3N2O2. The van der Waals surface area contributed by atoms with Gasteiger partial charge in [0.05, 0.1) is 0 Å². The Kier molecular flexibility index (Phi) is 6.41. The van der Waals surface area contributed by atoms with E-state index in [-0.39, 0.29) is 12.5 Å². The van der Waals surface area contributed by atoms with Crippen molar-refractivity contribution in [3.63, 3.8) is 0 Å². The van der Waals surface area contributed by atoms with Crippen molar-refractivity contribution < 1.29 is 22.8 Å². The third-order valence-electron chi connectivity index (χ3n) is 3.25. The van der Waals surface area contributed by atoms with Crippen LogP contribution in [0.4, 0.5) is 18.9 Å². The van der Waals surface area contributed by atoms with Crippen LogP contribution in [0.1, 0.15) is 11.1 Å². The summed E-state index contributed by atoms with van der Waals surface area (Å²) in [6.07, 6.45) is -2.03. The van der Waals surface area contributed by atoms with Gasteiger partial charge in [-0.1, -0.05) is 41.9 Å². The standard InChI is InChI=1S/C18H14ClF3N2O2/c19-15-4-2-1-3-13(15)7-10-16(25)24-14-8-5-12(6-9-14)11-23-17(26)18(20,21)22/h1-10H,11H2,(H,23,26)(H,24,25)/b10-7+. The zero-order valence-corrected chi connectivity index (χ0v) is 14.1. The van der Waals surface area contributed by atoms with Gasteiger partial charge >= 0.3 is 12.1 Å². The smallest absolute Gasteiger partial charge is 0.344 e. The molecule has 2 rings (SSSR count). The average Bonchev–Trinajstić information content (AvgIpc) is 2.59. The quantitative estimate of drug-likeness (QED) is 0.762. The van der Waals surface area contributed by atoms with Gasteiger partial charge in [0.1, 0.15) is 0 Å². The lowest BCUT2D eigenvalue weighted by molar-refractivity contribution is -0.173. The Bertz CT molecular complexity index is 818. The second-order valence-electron chi connectivity index (χ2n) is 5.22. The second kappa shape index (κ2) is 8.53. The fourth-order valence-electron chi connectivity index (χ4n) is 1.95. The number of carbonyl (C=O) groups is 2. The molecule has 26 heavy (non-hydrogen) atoms. The second-order valence-corrected chi connectivity index (χ2v) is 5.63. The van der Waals surface area contributed by atoms with E-state index in [4.69, 9.17) is 11.6 Å². The van der Waals surface area contributed by atoms with E-state index in [0.717, 1.165) is 0 Å². The van der Waals surface area contributed by atoms with Crippen LogP contribution in [0.3, 0.4) is 0 Å². The summed E-state index contributed by atoms with van der Waals surface area (Å²) >= 11 is 5.98. The number of alkyl halides is 3. The first-order valence-electron chi connectivity index (χ1n) is 7.43. The van der Waals surface area contributed by atoms with Crippen molar-refractivity contribution in [2.75, 3.05) is 5.32 Å². The molecule has 2 amide bonds. The Hall–Kier alpha value is -2.80. The number of carbonyl (C=O) groups excluding carboxylic acids is 2. The topological polar surface area (TPSA) is 58.2 Å². The maximum atomic E-state index is 12.1. The average molecular weight is 383 g/mol. The number of amides is 2. The van der Waals surface area contributed by atoms with Crippen LogP contribution in [-0.2, 0) is 16.1 Å². The highest BCUT2D eigenvalue weighted by molar-refractivity contribution is 6.32. The Balaban J connectivity index is 1.89. The van der Waals surface area contributed by atoms with E-state index < -0.39 is 12.1 Å². The monoisotopic (exact) mass is 382 g/mol. The lowest BCUT2D eigenvalue weighted by atomic mass is 10.2. The summed E-state index contributed by atoms with van der Waals surface area (Å²) in [5.74, 6) is -2.39. The zero-order valence-electron chi connectivity index (χ0n) is 13.3. The molecule has 0 aliphatic heterocycles. The normalized spacial score (nSPS) is 11.4. The first kappa shape index (κ1) is 19.5. The minimum absolute atomic E-state index is 0.265. The van der Waals surface area contributed by atoms with Crippen LogP contribution in [-0.4, -0.2) is 18.0 Å². The molecule has 0 saturated heterocycles. The van der Waals surface area contributed by atoms with Crippen LogP contribution in [0.25, 0.3) is 6.08 Å². The molecule has 0 spiro atoms. The molecule has 0 fully saturated rings. The lowest BCUT2D eigenvalue weighted by Crippen LogP contribution is -2.36. The van der Waals surface area contributed by atoms with Gasteiger partial charge in [0.2, 0.25) is 5.91 Å². The zero-order chi connectivity index (χ0) is 19.2. The Labute approximate surface area is 152 Å². The summed E-state index contributed by atoms with van der Waals surface area (Å²) in [4.78, 5) is 22.6. The first-order chi connectivity index (χ1) is 12.3. The molecule has 0 unspecified atom stereocenters. The van der Waals surface area contributed by atoms with E-state index >= 15 is 0 Å². The van der Waals surface area contributed by atoms with Gasteiger partial charge in [-0.05, 0) is 35.4 Å².